The van der Waals surface area contributed by atoms with Gasteiger partial charge >= 0.3 is 5.97 Å². The van der Waals surface area contributed by atoms with Gasteiger partial charge in [0.05, 0.1) is 5.41 Å². The SMILES string of the molecule is CC(CN)(CN)C(=O)O.Cl.Cl. The second-order valence-corrected chi connectivity index (χ2v) is 2.27. The Labute approximate surface area is 78.1 Å². The average molecular weight is 205 g/mol. The third-order valence-corrected chi connectivity index (χ3v) is 1.42. The molecule has 0 aliphatic heterocycles. The molecule has 0 rings (SSSR count). The Bertz CT molecular complexity index is 117. The van der Waals surface area contributed by atoms with Crippen molar-refractivity contribution in [2.45, 2.75) is 6.92 Å². The molecule has 0 radical (unpaired) electrons. The molecule has 0 aromatic carbocycles. The molecule has 0 saturated heterocycles. The fraction of sp³-hybridized carbons (Fsp3) is 0.800. The van der Waals surface area contributed by atoms with Crippen LogP contribution in [0.4, 0.5) is 0 Å². The number of nitrogens with two attached hydrogens (primary N) is 2. The second kappa shape index (κ2) is 6.67. The maximum atomic E-state index is 10.3. The van der Waals surface area contributed by atoms with Crippen molar-refractivity contribution >= 4 is 30.8 Å². The molecule has 4 nitrogen and oxygen atoms in total. The molecule has 0 saturated carbocycles. The Hall–Kier alpha value is -0.0300. The molecule has 0 amide bonds. The molecule has 0 fully saturated rings. The van der Waals surface area contributed by atoms with Crippen LogP contribution in [0.5, 0.6) is 0 Å². The molecule has 0 spiro atoms. The minimum atomic E-state index is -0.944. The van der Waals surface area contributed by atoms with Crippen LogP contribution < -0.4 is 11.5 Å². The summed E-state index contributed by atoms with van der Waals surface area (Å²) in [7, 11) is 0. The third kappa shape index (κ3) is 4.42. The van der Waals surface area contributed by atoms with Crippen molar-refractivity contribution in [3.05, 3.63) is 0 Å². The van der Waals surface area contributed by atoms with Gasteiger partial charge in [-0.25, -0.2) is 0 Å². The molecule has 70 valence electrons. The lowest BCUT2D eigenvalue weighted by Crippen LogP contribution is -2.42. The molecule has 11 heavy (non-hydrogen) atoms. The number of rotatable bonds is 3. The van der Waals surface area contributed by atoms with E-state index in [-0.39, 0.29) is 37.9 Å². The summed E-state index contributed by atoms with van der Waals surface area (Å²) in [5.41, 5.74) is 9.37. The van der Waals surface area contributed by atoms with Gasteiger partial charge in [0, 0.05) is 13.1 Å². The predicted molar refractivity (Wildman–Crippen MR) is 48.3 cm³/mol. The third-order valence-electron chi connectivity index (χ3n) is 1.42. The van der Waals surface area contributed by atoms with Gasteiger partial charge in [-0.05, 0) is 6.92 Å². The van der Waals surface area contributed by atoms with Crippen LogP contribution in [-0.4, -0.2) is 24.2 Å². The Morgan fingerprint density at radius 2 is 1.64 bits per heavy atom. The van der Waals surface area contributed by atoms with Gasteiger partial charge in [-0.15, -0.1) is 24.8 Å². The highest BCUT2D eigenvalue weighted by Crippen LogP contribution is 2.10. The molecule has 0 aromatic rings. The Kier molecular flexibility index (Phi) is 10.4. The van der Waals surface area contributed by atoms with Gasteiger partial charge in [-0.1, -0.05) is 0 Å². The van der Waals surface area contributed by atoms with Gasteiger partial charge in [-0.2, -0.15) is 0 Å². The van der Waals surface area contributed by atoms with Gasteiger partial charge in [0.25, 0.3) is 0 Å². The Morgan fingerprint density at radius 1 is 1.36 bits per heavy atom. The monoisotopic (exact) mass is 204 g/mol. The van der Waals surface area contributed by atoms with E-state index in [0.717, 1.165) is 0 Å². The zero-order valence-corrected chi connectivity index (χ0v) is 7.87. The molecular weight excluding hydrogens is 191 g/mol. The van der Waals surface area contributed by atoms with Gasteiger partial charge in [0.1, 0.15) is 0 Å². The minimum absolute atomic E-state index is 0. The topological polar surface area (TPSA) is 89.3 Å². The lowest BCUT2D eigenvalue weighted by atomic mass is 9.92. The number of carbonyl (C=O) groups is 1. The fourth-order valence-electron chi connectivity index (χ4n) is 0.258. The van der Waals surface area contributed by atoms with Crippen molar-refractivity contribution in [1.29, 1.82) is 0 Å². The van der Waals surface area contributed by atoms with Crippen molar-refractivity contribution in [2.75, 3.05) is 13.1 Å². The summed E-state index contributed by atoms with van der Waals surface area (Å²) in [4.78, 5) is 10.3. The maximum Gasteiger partial charge on any atom is 0.311 e. The maximum absolute atomic E-state index is 10.3. The van der Waals surface area contributed by atoms with Crippen LogP contribution in [0.3, 0.4) is 0 Å². The highest BCUT2D eigenvalue weighted by atomic mass is 35.5. The molecule has 0 aliphatic rings. The van der Waals surface area contributed by atoms with Gasteiger partial charge in [0.15, 0.2) is 0 Å². The molecule has 6 heteroatoms. The first kappa shape index (κ1) is 17.2. The van der Waals surface area contributed by atoms with Crippen LogP contribution in [0.1, 0.15) is 6.92 Å². The van der Waals surface area contributed by atoms with Crippen molar-refractivity contribution in [3.8, 4) is 0 Å². The summed E-state index contributed by atoms with van der Waals surface area (Å²) >= 11 is 0. The molecule has 0 heterocycles. The van der Waals surface area contributed by atoms with E-state index in [1.807, 2.05) is 0 Å². The number of aliphatic carboxylic acids is 1. The zero-order chi connectivity index (χ0) is 7.49. The second-order valence-electron chi connectivity index (χ2n) is 2.27. The average Bonchev–Trinajstić information content (AvgIpc) is 1.86. The number of carboxylic acid groups (broad SMARTS) is 1. The van der Waals surface area contributed by atoms with Gasteiger partial charge < -0.3 is 16.6 Å². The first-order valence-corrected chi connectivity index (χ1v) is 2.70. The van der Waals surface area contributed by atoms with E-state index < -0.39 is 11.4 Å². The highest BCUT2D eigenvalue weighted by Gasteiger charge is 2.29. The van der Waals surface area contributed by atoms with Gasteiger partial charge in [-0.3, -0.25) is 4.79 Å². The smallest absolute Gasteiger partial charge is 0.311 e. The normalized spacial score (nSPS) is 9.36. The number of halogens is 2. The summed E-state index contributed by atoms with van der Waals surface area (Å²) in [6.07, 6.45) is 0. The van der Waals surface area contributed by atoms with E-state index in [4.69, 9.17) is 16.6 Å². The van der Waals surface area contributed by atoms with E-state index in [0.29, 0.717) is 0 Å². The lowest BCUT2D eigenvalue weighted by molar-refractivity contribution is -0.146. The largest absolute Gasteiger partial charge is 0.481 e. The molecular formula is C5H14Cl2N2O2. The van der Waals surface area contributed by atoms with Crippen molar-refractivity contribution in [2.24, 2.45) is 16.9 Å². The predicted octanol–water partition coefficient (Wildman–Crippen LogP) is -0.162. The Morgan fingerprint density at radius 3 is 1.64 bits per heavy atom. The molecule has 0 aromatic heterocycles. The van der Waals surface area contributed by atoms with Crippen molar-refractivity contribution in [3.63, 3.8) is 0 Å². The quantitative estimate of drug-likeness (QED) is 0.597. The number of hydrogen-bond acceptors (Lipinski definition) is 3. The summed E-state index contributed by atoms with van der Waals surface area (Å²) in [6, 6.07) is 0. The van der Waals surface area contributed by atoms with Crippen LogP contribution in [0.15, 0.2) is 0 Å². The van der Waals surface area contributed by atoms with E-state index >= 15 is 0 Å². The Balaban J connectivity index is -0.000000320. The van der Waals surface area contributed by atoms with Crippen LogP contribution in [0, 0.1) is 5.41 Å². The molecule has 0 aliphatic carbocycles. The van der Waals surface area contributed by atoms with Crippen LogP contribution in [-0.2, 0) is 4.79 Å². The summed E-state index contributed by atoms with van der Waals surface area (Å²) in [5, 5.41) is 8.47. The zero-order valence-electron chi connectivity index (χ0n) is 6.24. The summed E-state index contributed by atoms with van der Waals surface area (Å²) in [6.45, 7) is 1.69. The van der Waals surface area contributed by atoms with E-state index in [1.165, 1.54) is 6.92 Å². The van der Waals surface area contributed by atoms with E-state index in [2.05, 4.69) is 0 Å². The van der Waals surface area contributed by atoms with Crippen molar-refractivity contribution < 1.29 is 9.90 Å². The van der Waals surface area contributed by atoms with Gasteiger partial charge in [0.2, 0.25) is 0 Å². The number of carboxylic acids is 1. The van der Waals surface area contributed by atoms with Crippen LogP contribution in [0.25, 0.3) is 0 Å². The van der Waals surface area contributed by atoms with E-state index in [1.54, 1.807) is 0 Å². The summed E-state index contributed by atoms with van der Waals surface area (Å²) in [5.74, 6) is -0.937. The van der Waals surface area contributed by atoms with Crippen molar-refractivity contribution in [1.82, 2.24) is 0 Å². The highest BCUT2D eigenvalue weighted by molar-refractivity contribution is 5.85. The molecule has 0 bridgehead atoms. The first-order chi connectivity index (χ1) is 4.06. The molecule has 0 unspecified atom stereocenters. The molecule has 5 N–H and O–H groups in total. The standard InChI is InChI=1S/C5H12N2O2.2ClH/c1-5(2-6,3-7)4(8)9;;/h2-3,6-7H2,1H3,(H,8,9);2*1H. The minimum Gasteiger partial charge on any atom is -0.481 e. The summed E-state index contributed by atoms with van der Waals surface area (Å²) < 4.78 is 0. The van der Waals surface area contributed by atoms with Crippen LogP contribution in [0.2, 0.25) is 0 Å². The molecule has 0 atom stereocenters. The van der Waals surface area contributed by atoms with Crippen LogP contribution >= 0.6 is 24.8 Å². The number of hydrogen-bond donors (Lipinski definition) is 3. The fourth-order valence-corrected chi connectivity index (χ4v) is 0.258. The first-order valence-electron chi connectivity index (χ1n) is 2.70. The van der Waals surface area contributed by atoms with E-state index in [9.17, 15) is 4.79 Å². The lowest BCUT2D eigenvalue weighted by Gasteiger charge is -2.19.